The van der Waals surface area contributed by atoms with E-state index in [2.05, 4.69) is 4.72 Å². The van der Waals surface area contributed by atoms with Crippen LogP contribution in [-0.4, -0.2) is 32.3 Å². The molecule has 0 aromatic heterocycles. The molecule has 1 fully saturated rings. The van der Waals surface area contributed by atoms with E-state index in [1.165, 1.54) is 6.07 Å². The van der Waals surface area contributed by atoms with E-state index in [1.807, 2.05) is 43.3 Å². The van der Waals surface area contributed by atoms with E-state index < -0.39 is 10.0 Å². The number of aryl methyl sites for hydroxylation is 1. The third-order valence-electron chi connectivity index (χ3n) is 5.18. The van der Waals surface area contributed by atoms with Crippen molar-refractivity contribution < 1.29 is 13.2 Å². The summed E-state index contributed by atoms with van der Waals surface area (Å²) in [4.78, 5) is 14.7. The Hall–Kier alpha value is -2.86. The Kier molecular flexibility index (Phi) is 4.81. The fourth-order valence-electron chi connectivity index (χ4n) is 3.61. The minimum Gasteiger partial charge on any atom is -0.339 e. The number of fused-ring (bicyclic) bond motifs is 1. The number of likely N-dealkylation sites (tertiary alicyclic amines) is 1. The van der Waals surface area contributed by atoms with Crippen molar-refractivity contribution in [3.05, 3.63) is 71.8 Å². The zero-order valence-electron chi connectivity index (χ0n) is 15.7. The Labute approximate surface area is 165 Å². The summed E-state index contributed by atoms with van der Waals surface area (Å²) in [5.41, 5.74) is 1.75. The van der Waals surface area contributed by atoms with E-state index in [0.29, 0.717) is 11.3 Å². The number of nitrogens with zero attached hydrogens (tertiary/aromatic N) is 1. The van der Waals surface area contributed by atoms with Crippen LogP contribution in [0.2, 0.25) is 0 Å². The van der Waals surface area contributed by atoms with Crippen molar-refractivity contribution in [1.29, 1.82) is 0 Å². The van der Waals surface area contributed by atoms with Crippen LogP contribution < -0.4 is 4.72 Å². The van der Waals surface area contributed by atoms with Crippen LogP contribution in [0.15, 0.2) is 65.6 Å². The molecule has 3 aromatic rings. The molecular weight excluding hydrogens is 372 g/mol. The summed E-state index contributed by atoms with van der Waals surface area (Å²) in [6.45, 7) is 3.28. The van der Waals surface area contributed by atoms with Crippen LogP contribution >= 0.6 is 0 Å². The largest absolute Gasteiger partial charge is 0.339 e. The van der Waals surface area contributed by atoms with E-state index in [0.717, 1.165) is 42.3 Å². The predicted molar refractivity (Wildman–Crippen MR) is 111 cm³/mol. The lowest BCUT2D eigenvalue weighted by atomic mass is 10.1. The molecule has 1 aliphatic heterocycles. The molecule has 3 aromatic carbocycles. The fraction of sp³-hybridized carbons (Fsp3) is 0.227. The van der Waals surface area contributed by atoms with Gasteiger partial charge in [-0.25, -0.2) is 8.42 Å². The van der Waals surface area contributed by atoms with Crippen LogP contribution in [0.3, 0.4) is 0 Å². The number of sulfonamides is 1. The molecule has 1 N–H and O–H groups in total. The highest BCUT2D eigenvalue weighted by molar-refractivity contribution is 7.92. The quantitative estimate of drug-likeness (QED) is 0.722. The lowest BCUT2D eigenvalue weighted by Crippen LogP contribution is -2.28. The SMILES string of the molecule is Cc1ccc(S(=O)(=O)Nc2cccc3ccccc23)cc1C(=O)N1CCCC1. The van der Waals surface area contributed by atoms with Gasteiger partial charge >= 0.3 is 0 Å². The van der Waals surface area contributed by atoms with Gasteiger partial charge in [0.05, 0.1) is 10.6 Å². The van der Waals surface area contributed by atoms with Crippen molar-refractivity contribution in [1.82, 2.24) is 4.90 Å². The first-order valence-electron chi connectivity index (χ1n) is 9.36. The maximum Gasteiger partial charge on any atom is 0.261 e. The van der Waals surface area contributed by atoms with Gasteiger partial charge in [0.1, 0.15) is 0 Å². The van der Waals surface area contributed by atoms with E-state index >= 15 is 0 Å². The Morgan fingerprint density at radius 1 is 0.964 bits per heavy atom. The van der Waals surface area contributed by atoms with Crippen molar-refractivity contribution in [2.24, 2.45) is 0 Å². The van der Waals surface area contributed by atoms with Gasteiger partial charge in [-0.15, -0.1) is 0 Å². The van der Waals surface area contributed by atoms with Gasteiger partial charge in [-0.05, 0) is 48.9 Å². The summed E-state index contributed by atoms with van der Waals surface area (Å²) in [6, 6.07) is 17.8. The number of amides is 1. The summed E-state index contributed by atoms with van der Waals surface area (Å²) >= 11 is 0. The summed E-state index contributed by atoms with van der Waals surface area (Å²) in [5.74, 6) is -0.0998. The zero-order valence-corrected chi connectivity index (χ0v) is 16.5. The average Bonchev–Trinajstić information content (AvgIpc) is 3.22. The van der Waals surface area contributed by atoms with E-state index in [4.69, 9.17) is 0 Å². The molecule has 1 amide bonds. The number of benzene rings is 3. The molecule has 0 bridgehead atoms. The predicted octanol–water partition coefficient (Wildman–Crippen LogP) is 4.19. The Bertz CT molecular complexity index is 1140. The molecule has 6 heteroatoms. The summed E-state index contributed by atoms with van der Waals surface area (Å²) < 4.78 is 28.7. The highest BCUT2D eigenvalue weighted by Crippen LogP contribution is 2.27. The van der Waals surface area contributed by atoms with Gasteiger partial charge in [-0.3, -0.25) is 9.52 Å². The number of carbonyl (C=O) groups is 1. The highest BCUT2D eigenvalue weighted by Gasteiger charge is 2.23. The molecule has 1 saturated heterocycles. The molecule has 0 unspecified atom stereocenters. The minimum absolute atomic E-state index is 0.0913. The third kappa shape index (κ3) is 3.47. The van der Waals surface area contributed by atoms with Gasteiger partial charge < -0.3 is 4.90 Å². The third-order valence-corrected chi connectivity index (χ3v) is 6.54. The van der Waals surface area contributed by atoms with Crippen LogP contribution in [0.4, 0.5) is 5.69 Å². The van der Waals surface area contributed by atoms with Gasteiger partial charge in [-0.2, -0.15) is 0 Å². The van der Waals surface area contributed by atoms with Gasteiger partial charge in [0, 0.05) is 24.0 Å². The first-order chi connectivity index (χ1) is 13.5. The Balaban J connectivity index is 1.69. The summed E-state index contributed by atoms with van der Waals surface area (Å²) in [5, 5.41) is 1.78. The van der Waals surface area contributed by atoms with Crippen LogP contribution in [0.1, 0.15) is 28.8 Å². The first-order valence-corrected chi connectivity index (χ1v) is 10.8. The maximum absolute atomic E-state index is 13.0. The molecule has 0 saturated carbocycles. The number of carbonyl (C=O) groups excluding carboxylic acids is 1. The topological polar surface area (TPSA) is 66.5 Å². The molecule has 0 atom stereocenters. The first kappa shape index (κ1) is 18.5. The van der Waals surface area contributed by atoms with Gasteiger partial charge in [-0.1, -0.05) is 42.5 Å². The molecule has 4 rings (SSSR count). The highest BCUT2D eigenvalue weighted by atomic mass is 32.2. The standard InChI is InChI=1S/C22H22N2O3S/c1-16-11-12-18(15-20(16)22(25)24-13-4-5-14-24)28(26,27)23-21-10-6-8-17-7-2-3-9-19(17)21/h2-3,6-12,15,23H,4-5,13-14H2,1H3. The summed E-state index contributed by atoms with van der Waals surface area (Å²) in [7, 11) is -3.82. The zero-order chi connectivity index (χ0) is 19.7. The molecule has 0 spiro atoms. The average molecular weight is 394 g/mol. The van der Waals surface area contributed by atoms with Crippen LogP contribution in [0, 0.1) is 6.92 Å². The molecule has 0 aliphatic carbocycles. The molecule has 28 heavy (non-hydrogen) atoms. The Morgan fingerprint density at radius 2 is 1.68 bits per heavy atom. The number of rotatable bonds is 4. The Morgan fingerprint density at radius 3 is 2.46 bits per heavy atom. The van der Waals surface area contributed by atoms with Crippen molar-refractivity contribution in [3.63, 3.8) is 0 Å². The summed E-state index contributed by atoms with van der Waals surface area (Å²) in [6.07, 6.45) is 1.98. The van der Waals surface area contributed by atoms with Crippen molar-refractivity contribution in [2.75, 3.05) is 17.8 Å². The molecule has 0 radical (unpaired) electrons. The lowest BCUT2D eigenvalue weighted by Gasteiger charge is -2.18. The van der Waals surface area contributed by atoms with Gasteiger partial charge in [0.25, 0.3) is 15.9 Å². The number of nitrogens with one attached hydrogen (secondary N) is 1. The lowest BCUT2D eigenvalue weighted by molar-refractivity contribution is 0.0792. The monoisotopic (exact) mass is 394 g/mol. The number of hydrogen-bond acceptors (Lipinski definition) is 3. The smallest absolute Gasteiger partial charge is 0.261 e. The van der Waals surface area contributed by atoms with Gasteiger partial charge in [0.2, 0.25) is 0 Å². The van der Waals surface area contributed by atoms with Crippen molar-refractivity contribution in [3.8, 4) is 0 Å². The van der Waals surface area contributed by atoms with Crippen LogP contribution in [0.5, 0.6) is 0 Å². The normalized spacial score (nSPS) is 14.4. The van der Waals surface area contributed by atoms with E-state index in [9.17, 15) is 13.2 Å². The molecule has 5 nitrogen and oxygen atoms in total. The van der Waals surface area contributed by atoms with Crippen LogP contribution in [0.25, 0.3) is 10.8 Å². The second-order valence-electron chi connectivity index (χ2n) is 7.11. The van der Waals surface area contributed by atoms with Crippen molar-refractivity contribution in [2.45, 2.75) is 24.7 Å². The molecule has 1 aliphatic rings. The van der Waals surface area contributed by atoms with Crippen LogP contribution in [-0.2, 0) is 10.0 Å². The fourth-order valence-corrected chi connectivity index (χ4v) is 4.71. The van der Waals surface area contributed by atoms with Crippen molar-refractivity contribution >= 4 is 32.4 Å². The molecular formula is C22H22N2O3S. The second kappa shape index (κ2) is 7.28. The molecule has 1 heterocycles. The number of anilines is 1. The number of hydrogen-bond donors (Lipinski definition) is 1. The van der Waals surface area contributed by atoms with E-state index in [-0.39, 0.29) is 10.8 Å². The maximum atomic E-state index is 13.0. The second-order valence-corrected chi connectivity index (χ2v) is 8.79. The molecule has 144 valence electrons. The van der Waals surface area contributed by atoms with E-state index in [1.54, 1.807) is 23.1 Å². The minimum atomic E-state index is -3.82. The van der Waals surface area contributed by atoms with Gasteiger partial charge in [0.15, 0.2) is 0 Å².